The minimum Gasteiger partial charge on any atom is -0.343 e. The van der Waals surface area contributed by atoms with Crippen LogP contribution in [0.1, 0.15) is 41.8 Å². The quantitative estimate of drug-likeness (QED) is 0.339. The van der Waals surface area contributed by atoms with Gasteiger partial charge in [0.25, 0.3) is 0 Å². The molecule has 0 saturated heterocycles. The summed E-state index contributed by atoms with van der Waals surface area (Å²) in [6, 6.07) is 10.2. The molecule has 6 rings (SSSR count). The summed E-state index contributed by atoms with van der Waals surface area (Å²) in [5.41, 5.74) is 7.41. The topological polar surface area (TPSA) is 88.4 Å². The molecule has 0 unspecified atom stereocenters. The van der Waals surface area contributed by atoms with E-state index in [4.69, 9.17) is 10.1 Å². The molecule has 0 fully saturated rings. The Morgan fingerprint density at radius 1 is 0.974 bits per heavy atom. The molecule has 0 amide bonds. The van der Waals surface area contributed by atoms with E-state index < -0.39 is 11.7 Å². The molecule has 0 spiro atoms. The van der Waals surface area contributed by atoms with Gasteiger partial charge in [-0.05, 0) is 36.1 Å². The highest BCUT2D eigenvalue weighted by molar-refractivity contribution is 5.76. The van der Waals surface area contributed by atoms with Gasteiger partial charge in [-0.1, -0.05) is 32.0 Å². The highest BCUT2D eigenvalue weighted by Gasteiger charge is 2.33. The second kappa shape index (κ2) is 9.23. The van der Waals surface area contributed by atoms with Crippen molar-refractivity contribution in [2.75, 3.05) is 11.4 Å². The van der Waals surface area contributed by atoms with Crippen LogP contribution in [0.2, 0.25) is 0 Å². The van der Waals surface area contributed by atoms with Crippen molar-refractivity contribution in [3.05, 3.63) is 77.0 Å². The minimum absolute atomic E-state index is 0.251. The largest absolute Gasteiger partial charge is 0.419 e. The molecule has 1 aliphatic rings. The van der Waals surface area contributed by atoms with Crippen molar-refractivity contribution < 1.29 is 13.2 Å². The number of nitrogens with one attached hydrogen (secondary N) is 1. The molecular weight excluding hydrogens is 493 g/mol. The zero-order valence-electron chi connectivity index (χ0n) is 20.9. The van der Waals surface area contributed by atoms with Crippen molar-refractivity contribution in [2.24, 2.45) is 0 Å². The van der Waals surface area contributed by atoms with Gasteiger partial charge in [-0.2, -0.15) is 18.3 Å². The average Bonchev–Trinajstić information content (AvgIpc) is 3.55. The number of anilines is 1. The van der Waals surface area contributed by atoms with Gasteiger partial charge in [0.1, 0.15) is 0 Å². The number of imidazole rings is 1. The van der Waals surface area contributed by atoms with Gasteiger partial charge < -0.3 is 9.88 Å². The second-order valence-corrected chi connectivity index (χ2v) is 9.23. The number of rotatable bonds is 5. The zero-order chi connectivity index (χ0) is 26.4. The zero-order valence-corrected chi connectivity index (χ0v) is 20.9. The van der Waals surface area contributed by atoms with Crippen LogP contribution in [0, 0.1) is 0 Å². The summed E-state index contributed by atoms with van der Waals surface area (Å²) in [4.78, 5) is 22.2. The predicted octanol–water partition coefficient (Wildman–Crippen LogP) is 5.31. The molecule has 1 aliphatic heterocycles. The Balaban J connectivity index is 1.51. The number of H-pyrrole nitrogens is 1. The number of aromatic amines is 1. The number of pyridine rings is 1. The van der Waals surface area contributed by atoms with Crippen molar-refractivity contribution >= 4 is 17.1 Å². The molecule has 4 aromatic heterocycles. The van der Waals surface area contributed by atoms with E-state index >= 15 is 0 Å². The Bertz CT molecular complexity index is 1600. The van der Waals surface area contributed by atoms with Gasteiger partial charge in [0.05, 0.1) is 40.2 Å². The van der Waals surface area contributed by atoms with Gasteiger partial charge in [-0.15, -0.1) is 0 Å². The second-order valence-electron chi connectivity index (χ2n) is 9.23. The number of halogens is 3. The van der Waals surface area contributed by atoms with Gasteiger partial charge in [-0.25, -0.2) is 24.6 Å². The number of benzene rings is 1. The van der Waals surface area contributed by atoms with Crippen LogP contribution in [0.25, 0.3) is 28.2 Å². The first kappa shape index (κ1) is 24.1. The van der Waals surface area contributed by atoms with Crippen LogP contribution in [0.4, 0.5) is 19.1 Å². The van der Waals surface area contributed by atoms with E-state index in [-0.39, 0.29) is 5.95 Å². The Labute approximate surface area is 216 Å². The van der Waals surface area contributed by atoms with Crippen molar-refractivity contribution in [2.45, 2.75) is 45.8 Å². The third kappa shape index (κ3) is 4.07. The van der Waals surface area contributed by atoms with E-state index in [0.29, 0.717) is 25.2 Å². The molecule has 0 saturated carbocycles. The lowest BCUT2D eigenvalue weighted by molar-refractivity contribution is -0.138. The molecule has 0 aliphatic carbocycles. The summed E-state index contributed by atoms with van der Waals surface area (Å²) < 4.78 is 41.2. The van der Waals surface area contributed by atoms with E-state index in [1.165, 1.54) is 11.1 Å². The maximum Gasteiger partial charge on any atom is 0.419 e. The lowest BCUT2D eigenvalue weighted by Crippen LogP contribution is -2.31. The van der Waals surface area contributed by atoms with Crippen LogP contribution in [0.15, 0.2) is 49.1 Å². The first-order chi connectivity index (χ1) is 18.4. The lowest BCUT2D eigenvalue weighted by atomic mass is 10.0. The Morgan fingerprint density at radius 2 is 1.71 bits per heavy atom. The molecular formula is C27H25F3N8. The van der Waals surface area contributed by atoms with Crippen LogP contribution >= 0.6 is 0 Å². The normalized spacial score (nSPS) is 13.8. The minimum atomic E-state index is -4.48. The smallest absolute Gasteiger partial charge is 0.343 e. The van der Waals surface area contributed by atoms with Gasteiger partial charge in [-0.3, -0.25) is 0 Å². The van der Waals surface area contributed by atoms with E-state index in [9.17, 15) is 13.2 Å². The molecule has 8 nitrogen and oxygen atoms in total. The van der Waals surface area contributed by atoms with Crippen molar-refractivity contribution in [3.63, 3.8) is 0 Å². The summed E-state index contributed by atoms with van der Waals surface area (Å²) in [6.07, 6.45) is 1.07. The summed E-state index contributed by atoms with van der Waals surface area (Å²) in [7, 11) is 0. The fourth-order valence-corrected chi connectivity index (χ4v) is 5.04. The standard InChI is InChI=1S/C27H25F3N8/c1-3-16-6-5-7-17(4-2)23(16)38-24(21-8-9-22-25(35-21)34-15-33-22)19-14-37(11-10-20(19)36-38)26-31-12-18(13-32-26)27(28,29)30/h5-9,12-13,15H,3-4,10-11,14H2,1-2H3,(H,33,34,35). The highest BCUT2D eigenvalue weighted by Crippen LogP contribution is 2.36. The maximum absolute atomic E-state index is 13.1. The molecule has 5 heterocycles. The van der Waals surface area contributed by atoms with Gasteiger partial charge in [0.2, 0.25) is 5.95 Å². The Kier molecular flexibility index (Phi) is 5.85. The number of hydrogen-bond donors (Lipinski definition) is 1. The monoisotopic (exact) mass is 518 g/mol. The van der Waals surface area contributed by atoms with E-state index in [1.54, 1.807) is 6.33 Å². The van der Waals surface area contributed by atoms with Gasteiger partial charge in [0.15, 0.2) is 5.65 Å². The first-order valence-corrected chi connectivity index (χ1v) is 12.5. The molecule has 5 aromatic rings. The first-order valence-electron chi connectivity index (χ1n) is 12.5. The average molecular weight is 519 g/mol. The molecule has 1 aromatic carbocycles. The van der Waals surface area contributed by atoms with Crippen LogP contribution in [-0.4, -0.2) is 41.2 Å². The summed E-state index contributed by atoms with van der Waals surface area (Å²) in [6.45, 7) is 5.18. The van der Waals surface area contributed by atoms with Crippen molar-refractivity contribution in [1.29, 1.82) is 0 Å². The summed E-state index contributed by atoms with van der Waals surface area (Å²) in [5.74, 6) is 0.251. The number of fused-ring (bicyclic) bond motifs is 2. The van der Waals surface area contributed by atoms with Crippen molar-refractivity contribution in [3.8, 4) is 17.1 Å². The number of aromatic nitrogens is 7. The Hall–Kier alpha value is -4.28. The van der Waals surface area contributed by atoms with Gasteiger partial charge in [0, 0.05) is 37.5 Å². The van der Waals surface area contributed by atoms with Crippen LogP contribution in [0.5, 0.6) is 0 Å². The van der Waals surface area contributed by atoms with E-state index in [2.05, 4.69) is 52.0 Å². The molecule has 0 atom stereocenters. The number of hydrogen-bond acceptors (Lipinski definition) is 6. The molecule has 38 heavy (non-hydrogen) atoms. The Morgan fingerprint density at radius 3 is 2.39 bits per heavy atom. The summed E-state index contributed by atoms with van der Waals surface area (Å²) >= 11 is 0. The van der Waals surface area contributed by atoms with E-state index in [0.717, 1.165) is 59.1 Å². The summed E-state index contributed by atoms with van der Waals surface area (Å²) in [5, 5.41) is 5.09. The van der Waals surface area contributed by atoms with Crippen molar-refractivity contribution in [1.82, 2.24) is 34.7 Å². The van der Waals surface area contributed by atoms with Crippen LogP contribution < -0.4 is 4.90 Å². The molecule has 11 heteroatoms. The van der Waals surface area contributed by atoms with Crippen LogP contribution in [-0.2, 0) is 32.0 Å². The molecule has 1 N–H and O–H groups in total. The lowest BCUT2D eigenvalue weighted by Gasteiger charge is -2.27. The highest BCUT2D eigenvalue weighted by atomic mass is 19.4. The number of nitrogens with zero attached hydrogens (tertiary/aromatic N) is 7. The number of para-hydroxylation sites is 1. The fourth-order valence-electron chi connectivity index (χ4n) is 5.04. The number of alkyl halides is 3. The molecule has 194 valence electrons. The fraction of sp³-hybridized carbons (Fsp3) is 0.296. The SMILES string of the molecule is CCc1cccc(CC)c1-n1nc2c(c1-c1ccc3[nH]cnc3n1)CN(c1ncc(C(F)(F)F)cn1)CC2. The predicted molar refractivity (Wildman–Crippen MR) is 137 cm³/mol. The number of aryl methyl sites for hydroxylation is 2. The third-order valence-electron chi connectivity index (χ3n) is 6.98. The van der Waals surface area contributed by atoms with Gasteiger partial charge >= 0.3 is 6.18 Å². The molecule has 0 radical (unpaired) electrons. The third-order valence-corrected chi connectivity index (χ3v) is 6.98. The molecule has 0 bridgehead atoms. The van der Waals surface area contributed by atoms with E-state index in [1.807, 2.05) is 21.7 Å². The van der Waals surface area contributed by atoms with Crippen LogP contribution in [0.3, 0.4) is 0 Å². The maximum atomic E-state index is 13.1.